The zero-order valence-corrected chi connectivity index (χ0v) is 18.2. The third-order valence-corrected chi connectivity index (χ3v) is 5.85. The Morgan fingerprint density at radius 2 is 1.97 bits per heavy atom. The van der Waals surface area contributed by atoms with Crippen LogP contribution in [0.25, 0.3) is 0 Å². The number of aliphatic imine (C=N–C) groups is 1. The molecule has 1 saturated heterocycles. The Labute approximate surface area is 177 Å². The van der Waals surface area contributed by atoms with Crippen molar-refractivity contribution in [2.75, 3.05) is 46.3 Å². The Morgan fingerprint density at radius 1 is 1.28 bits per heavy atom. The van der Waals surface area contributed by atoms with Crippen molar-refractivity contribution >= 4 is 23.5 Å². The number of benzene rings is 1. The van der Waals surface area contributed by atoms with Crippen molar-refractivity contribution in [3.63, 3.8) is 0 Å². The number of hydrogen-bond donors (Lipinski definition) is 2. The van der Waals surface area contributed by atoms with Crippen LogP contribution in [0.2, 0.25) is 5.02 Å². The summed E-state index contributed by atoms with van der Waals surface area (Å²) in [5.74, 6) is 0.627. The van der Waals surface area contributed by atoms with Gasteiger partial charge >= 0.3 is 0 Å². The van der Waals surface area contributed by atoms with E-state index in [0.717, 1.165) is 50.5 Å². The van der Waals surface area contributed by atoms with E-state index in [4.69, 9.17) is 11.6 Å². The Kier molecular flexibility index (Phi) is 7.01. The molecule has 8 heteroatoms. The molecule has 0 radical (unpaired) electrons. The number of guanidine groups is 1. The first-order valence-corrected chi connectivity index (χ1v) is 10.6. The van der Waals surface area contributed by atoms with Crippen LogP contribution in [0.4, 0.5) is 4.39 Å². The van der Waals surface area contributed by atoms with Crippen molar-refractivity contribution in [1.82, 2.24) is 20.4 Å². The number of rotatable bonds is 6. The van der Waals surface area contributed by atoms with Gasteiger partial charge in [0, 0.05) is 56.3 Å². The van der Waals surface area contributed by atoms with E-state index in [9.17, 15) is 9.18 Å². The highest BCUT2D eigenvalue weighted by Gasteiger charge is 2.27. The van der Waals surface area contributed by atoms with Crippen LogP contribution in [0.3, 0.4) is 0 Å². The Bertz CT molecular complexity index is 757. The second-order valence-corrected chi connectivity index (χ2v) is 8.92. The molecule has 2 aliphatic rings. The molecule has 0 bridgehead atoms. The van der Waals surface area contributed by atoms with Crippen LogP contribution in [0.15, 0.2) is 23.2 Å². The predicted molar refractivity (Wildman–Crippen MR) is 115 cm³/mol. The first-order chi connectivity index (χ1) is 13.8. The highest BCUT2D eigenvalue weighted by atomic mass is 35.5. The molecule has 1 amide bonds. The van der Waals surface area contributed by atoms with E-state index in [1.807, 2.05) is 0 Å². The van der Waals surface area contributed by atoms with Crippen LogP contribution in [0, 0.1) is 5.82 Å². The summed E-state index contributed by atoms with van der Waals surface area (Å²) in [5.41, 5.74) is 0.610. The molecule has 3 rings (SSSR count). The second-order valence-electron chi connectivity index (χ2n) is 8.51. The molecule has 6 nitrogen and oxygen atoms in total. The van der Waals surface area contributed by atoms with Crippen molar-refractivity contribution in [2.24, 2.45) is 4.99 Å². The zero-order valence-electron chi connectivity index (χ0n) is 17.5. The van der Waals surface area contributed by atoms with Crippen LogP contribution in [-0.2, 0) is 10.2 Å². The van der Waals surface area contributed by atoms with E-state index in [1.54, 1.807) is 13.1 Å². The van der Waals surface area contributed by atoms with Gasteiger partial charge in [0.25, 0.3) is 0 Å². The minimum absolute atomic E-state index is 0.126. The van der Waals surface area contributed by atoms with Gasteiger partial charge in [-0.1, -0.05) is 31.5 Å². The fraction of sp³-hybridized carbons (Fsp3) is 0.619. The van der Waals surface area contributed by atoms with E-state index in [-0.39, 0.29) is 17.1 Å². The maximum Gasteiger partial charge on any atom is 0.234 e. The summed E-state index contributed by atoms with van der Waals surface area (Å²) in [7, 11) is 1.77. The van der Waals surface area contributed by atoms with Crippen molar-refractivity contribution in [3.8, 4) is 0 Å². The van der Waals surface area contributed by atoms with Crippen LogP contribution in [0.5, 0.6) is 0 Å². The molecule has 1 aromatic carbocycles. The van der Waals surface area contributed by atoms with Gasteiger partial charge in [-0.3, -0.25) is 14.7 Å². The quantitative estimate of drug-likeness (QED) is 0.544. The summed E-state index contributed by atoms with van der Waals surface area (Å²) in [6, 6.07) is 4.94. The number of piperazine rings is 1. The summed E-state index contributed by atoms with van der Waals surface area (Å²) >= 11 is 6.26. The molecule has 2 fully saturated rings. The molecule has 160 valence electrons. The fourth-order valence-electron chi connectivity index (χ4n) is 3.59. The molecule has 0 aromatic heterocycles. The average Bonchev–Trinajstić information content (AvgIpc) is 3.47. The number of halogens is 2. The normalized spacial score (nSPS) is 18.7. The highest BCUT2D eigenvalue weighted by molar-refractivity contribution is 6.31. The lowest BCUT2D eigenvalue weighted by molar-refractivity contribution is -0.122. The molecule has 1 aliphatic heterocycles. The molecule has 1 aromatic rings. The lowest BCUT2D eigenvalue weighted by atomic mass is 9.84. The Balaban J connectivity index is 1.49. The largest absolute Gasteiger partial charge is 0.355 e. The van der Waals surface area contributed by atoms with Crippen molar-refractivity contribution in [3.05, 3.63) is 34.6 Å². The number of carbonyl (C=O) groups excluding carboxylic acids is 1. The summed E-state index contributed by atoms with van der Waals surface area (Å²) in [5, 5.41) is 6.91. The van der Waals surface area contributed by atoms with Crippen LogP contribution in [0.1, 0.15) is 32.3 Å². The lowest BCUT2D eigenvalue weighted by Crippen LogP contribution is -2.55. The molecule has 1 saturated carbocycles. The van der Waals surface area contributed by atoms with Crippen LogP contribution >= 0.6 is 11.6 Å². The minimum Gasteiger partial charge on any atom is -0.355 e. The van der Waals surface area contributed by atoms with Gasteiger partial charge < -0.3 is 15.5 Å². The number of carbonyl (C=O) groups is 1. The summed E-state index contributed by atoms with van der Waals surface area (Å²) in [4.78, 5) is 20.8. The highest BCUT2D eigenvalue weighted by Crippen LogP contribution is 2.30. The molecule has 1 heterocycles. The van der Waals surface area contributed by atoms with E-state index < -0.39 is 0 Å². The molecule has 0 atom stereocenters. The van der Waals surface area contributed by atoms with E-state index in [2.05, 4.69) is 39.3 Å². The fourth-order valence-corrected chi connectivity index (χ4v) is 4.01. The maximum atomic E-state index is 13.4. The van der Waals surface area contributed by atoms with Crippen LogP contribution in [-0.4, -0.2) is 74.0 Å². The van der Waals surface area contributed by atoms with Gasteiger partial charge in [-0.2, -0.15) is 0 Å². The van der Waals surface area contributed by atoms with Gasteiger partial charge in [-0.25, -0.2) is 4.39 Å². The molecule has 0 unspecified atom stereocenters. The number of nitrogens with one attached hydrogen (secondary N) is 2. The molecule has 0 spiro atoms. The summed E-state index contributed by atoms with van der Waals surface area (Å²) in [6.45, 7) is 8.51. The average molecular weight is 424 g/mol. The number of amides is 1. The van der Waals surface area contributed by atoms with E-state index in [0.29, 0.717) is 24.2 Å². The molecule has 1 aliphatic carbocycles. The van der Waals surface area contributed by atoms with Gasteiger partial charge in [0.2, 0.25) is 5.91 Å². The number of hydrogen-bond acceptors (Lipinski definition) is 3. The van der Waals surface area contributed by atoms with Gasteiger partial charge in [0.15, 0.2) is 5.96 Å². The monoisotopic (exact) mass is 423 g/mol. The van der Waals surface area contributed by atoms with Crippen molar-refractivity contribution < 1.29 is 9.18 Å². The third kappa shape index (κ3) is 6.06. The molecular formula is C21H31ClFN5O. The minimum atomic E-state index is -0.331. The Morgan fingerprint density at radius 3 is 2.55 bits per heavy atom. The second kappa shape index (κ2) is 9.30. The van der Waals surface area contributed by atoms with Crippen LogP contribution < -0.4 is 10.6 Å². The molecule has 2 N–H and O–H groups in total. The molecule has 29 heavy (non-hydrogen) atoms. The van der Waals surface area contributed by atoms with Gasteiger partial charge in [0.1, 0.15) is 5.82 Å². The van der Waals surface area contributed by atoms with E-state index >= 15 is 0 Å². The van der Waals surface area contributed by atoms with Crippen molar-refractivity contribution in [1.29, 1.82) is 0 Å². The first kappa shape index (κ1) is 21.8. The SMILES string of the molecule is CN=C(NCC(C)(C)c1ccc(F)cc1Cl)N1CCN(CC(=O)NC2CC2)CC1. The first-order valence-electron chi connectivity index (χ1n) is 10.2. The maximum absolute atomic E-state index is 13.4. The van der Waals surface area contributed by atoms with E-state index in [1.165, 1.54) is 12.1 Å². The van der Waals surface area contributed by atoms with Gasteiger partial charge in [-0.05, 0) is 30.5 Å². The topological polar surface area (TPSA) is 60.0 Å². The third-order valence-electron chi connectivity index (χ3n) is 5.54. The van der Waals surface area contributed by atoms with Gasteiger partial charge in [0.05, 0.1) is 6.54 Å². The Hall–Kier alpha value is -1.86. The predicted octanol–water partition coefficient (Wildman–Crippen LogP) is 2.23. The lowest BCUT2D eigenvalue weighted by Gasteiger charge is -2.37. The number of nitrogens with zero attached hydrogens (tertiary/aromatic N) is 3. The summed E-state index contributed by atoms with van der Waals surface area (Å²) in [6.07, 6.45) is 2.22. The zero-order chi connectivity index (χ0) is 21.0. The standard InChI is InChI=1S/C21H31ClFN5O/c1-21(2,17-7-4-15(23)12-18(17)22)14-25-20(24-3)28-10-8-27(9-11-28)13-19(29)26-16-5-6-16/h4,7,12,16H,5-6,8-11,13-14H2,1-3H3,(H,24,25)(H,26,29). The summed E-state index contributed by atoms with van der Waals surface area (Å²) < 4.78 is 13.4. The molecular weight excluding hydrogens is 393 g/mol. The van der Waals surface area contributed by atoms with Gasteiger partial charge in [-0.15, -0.1) is 0 Å². The van der Waals surface area contributed by atoms with Crippen molar-refractivity contribution in [2.45, 2.75) is 38.1 Å². The smallest absolute Gasteiger partial charge is 0.234 e.